The van der Waals surface area contributed by atoms with Crippen LogP contribution in [0.15, 0.2) is 65.3 Å². The molecule has 0 N–H and O–H groups in total. The Morgan fingerprint density at radius 3 is 1.82 bits per heavy atom. The SMILES string of the molecule is CCC(C)[Si](c1ccccc1)(c1cc(C)cc([Si](C)(C)C)c1)C1(C)[C-]=C(C)C(C)=C1C.[CH3-].[CH3-].[Ti+3]. The van der Waals surface area contributed by atoms with E-state index in [1.165, 1.54) is 28.7 Å². The van der Waals surface area contributed by atoms with E-state index in [1.807, 2.05) is 0 Å². The van der Waals surface area contributed by atoms with Crippen LogP contribution in [0, 0.1) is 27.9 Å². The van der Waals surface area contributed by atoms with Crippen molar-refractivity contribution in [2.24, 2.45) is 0 Å². The molecule has 0 spiro atoms. The van der Waals surface area contributed by atoms with Crippen LogP contribution in [0.1, 0.15) is 53.5 Å². The average Bonchev–Trinajstić information content (AvgIpc) is 2.91. The molecule has 0 amide bonds. The van der Waals surface area contributed by atoms with Crippen LogP contribution >= 0.6 is 0 Å². The third-order valence-corrected chi connectivity index (χ3v) is 16.5. The predicted octanol–water partition coefficient (Wildman–Crippen LogP) is 7.66. The largest absolute Gasteiger partial charge is 3.00 e. The minimum Gasteiger partial charge on any atom is -0.358 e. The second kappa shape index (κ2) is 11.9. The van der Waals surface area contributed by atoms with Gasteiger partial charge < -0.3 is 14.9 Å². The molecular formula is C31H47Si2Ti. The molecule has 3 heteroatoms. The van der Waals surface area contributed by atoms with E-state index >= 15 is 0 Å². The van der Waals surface area contributed by atoms with Crippen LogP contribution in [0.25, 0.3) is 0 Å². The van der Waals surface area contributed by atoms with E-state index < -0.39 is 16.1 Å². The van der Waals surface area contributed by atoms with E-state index in [1.54, 1.807) is 15.6 Å². The van der Waals surface area contributed by atoms with Gasteiger partial charge in [0.2, 0.25) is 0 Å². The van der Waals surface area contributed by atoms with Crippen molar-refractivity contribution in [1.29, 1.82) is 0 Å². The summed E-state index contributed by atoms with van der Waals surface area (Å²) in [4.78, 5) is 0. The number of allylic oxidation sites excluding steroid dienone is 4. The first kappa shape index (κ1) is 33.1. The first-order valence-electron chi connectivity index (χ1n) is 11.9. The molecule has 1 aliphatic rings. The maximum Gasteiger partial charge on any atom is 3.00 e. The average molecular weight is 524 g/mol. The molecule has 2 aromatic rings. The Labute approximate surface area is 229 Å². The van der Waals surface area contributed by atoms with Gasteiger partial charge in [0.25, 0.3) is 0 Å². The van der Waals surface area contributed by atoms with Gasteiger partial charge in [-0.05, 0) is 12.5 Å². The minimum atomic E-state index is -2.30. The molecule has 0 saturated carbocycles. The standard InChI is InChI=1S/C29H41Si2.2CH3.Ti/c1-11-23(4)31(26-15-13-12-14-16-26,29(7)20-22(3)24(5)25(29)6)28-18-21(2)17-27(19-28)30(8,9)10;;;/h12-19,23H,11H2,1-10H3;2*1H3;/q3*-1;+3. The summed E-state index contributed by atoms with van der Waals surface area (Å²) in [6.07, 6.45) is 5.26. The summed E-state index contributed by atoms with van der Waals surface area (Å²) >= 11 is 0. The van der Waals surface area contributed by atoms with Gasteiger partial charge >= 0.3 is 21.7 Å². The zero-order chi connectivity index (χ0) is 23.2. The van der Waals surface area contributed by atoms with Crippen molar-refractivity contribution in [1.82, 2.24) is 0 Å². The van der Waals surface area contributed by atoms with Crippen molar-refractivity contribution >= 4 is 31.7 Å². The van der Waals surface area contributed by atoms with Crippen LogP contribution in [0.5, 0.6) is 0 Å². The predicted molar refractivity (Wildman–Crippen MR) is 157 cm³/mol. The molecule has 3 rings (SSSR count). The Balaban J connectivity index is 0.00000363. The van der Waals surface area contributed by atoms with Crippen molar-refractivity contribution in [3.63, 3.8) is 0 Å². The Morgan fingerprint density at radius 1 is 0.853 bits per heavy atom. The number of hydrogen-bond donors (Lipinski definition) is 0. The van der Waals surface area contributed by atoms with Gasteiger partial charge in [0, 0.05) is 0 Å². The van der Waals surface area contributed by atoms with Crippen LogP contribution in [-0.4, -0.2) is 16.1 Å². The Bertz CT molecular complexity index is 1030. The molecular weight excluding hydrogens is 476 g/mol. The fourth-order valence-electron chi connectivity index (χ4n) is 5.87. The van der Waals surface area contributed by atoms with Gasteiger partial charge in [0.05, 0.1) is 8.07 Å². The Hall–Kier alpha value is -0.932. The quantitative estimate of drug-likeness (QED) is 0.269. The van der Waals surface area contributed by atoms with Crippen LogP contribution in [-0.2, 0) is 21.7 Å². The summed E-state index contributed by atoms with van der Waals surface area (Å²) in [5.41, 5.74) is 6.31. The number of benzene rings is 2. The topological polar surface area (TPSA) is 0 Å². The van der Waals surface area contributed by atoms with Gasteiger partial charge in [-0.3, -0.25) is 6.08 Å². The van der Waals surface area contributed by atoms with Crippen molar-refractivity contribution in [2.45, 2.75) is 85.1 Å². The monoisotopic (exact) mass is 523 g/mol. The molecule has 34 heavy (non-hydrogen) atoms. The molecule has 0 aliphatic heterocycles. The number of rotatable bonds is 6. The van der Waals surface area contributed by atoms with Crippen molar-refractivity contribution in [3.8, 4) is 0 Å². The molecule has 0 nitrogen and oxygen atoms in total. The maximum absolute atomic E-state index is 4.08. The molecule has 3 unspecified atom stereocenters. The molecule has 1 aliphatic carbocycles. The Morgan fingerprint density at radius 2 is 1.38 bits per heavy atom. The van der Waals surface area contributed by atoms with Gasteiger partial charge in [0.1, 0.15) is 8.07 Å². The summed E-state index contributed by atoms with van der Waals surface area (Å²) in [7, 11) is -3.74. The van der Waals surface area contributed by atoms with Gasteiger partial charge in [0.15, 0.2) is 0 Å². The zero-order valence-corrected chi connectivity index (χ0v) is 27.5. The van der Waals surface area contributed by atoms with Crippen molar-refractivity contribution in [2.75, 3.05) is 0 Å². The Kier molecular flexibility index (Phi) is 11.5. The van der Waals surface area contributed by atoms with E-state index in [4.69, 9.17) is 0 Å². The fraction of sp³-hybridized carbons (Fsp3) is 0.419. The van der Waals surface area contributed by atoms with Gasteiger partial charge in [-0.2, -0.15) is 11.1 Å². The van der Waals surface area contributed by atoms with Crippen LogP contribution < -0.4 is 15.6 Å². The first-order valence-corrected chi connectivity index (χ1v) is 17.5. The summed E-state index contributed by atoms with van der Waals surface area (Å²) in [5, 5.41) is 4.68. The third kappa shape index (κ3) is 5.26. The second-order valence-corrected chi connectivity index (χ2v) is 20.8. The summed E-state index contributed by atoms with van der Waals surface area (Å²) in [6.45, 7) is 24.1. The molecule has 0 aromatic heterocycles. The molecule has 0 fully saturated rings. The molecule has 183 valence electrons. The van der Waals surface area contributed by atoms with Crippen LogP contribution in [0.4, 0.5) is 0 Å². The molecule has 0 bridgehead atoms. The molecule has 3 atom stereocenters. The van der Waals surface area contributed by atoms with Gasteiger partial charge in [-0.25, -0.2) is 5.57 Å². The third-order valence-electron chi connectivity index (χ3n) is 8.08. The van der Waals surface area contributed by atoms with Crippen molar-refractivity contribution < 1.29 is 21.7 Å². The van der Waals surface area contributed by atoms with Crippen LogP contribution in [0.2, 0.25) is 30.2 Å². The van der Waals surface area contributed by atoms with Gasteiger partial charge in [-0.1, -0.05) is 135 Å². The minimum absolute atomic E-state index is 0. The maximum atomic E-state index is 4.08. The van der Waals surface area contributed by atoms with Crippen LogP contribution in [0.3, 0.4) is 0 Å². The summed E-state index contributed by atoms with van der Waals surface area (Å²) in [5.74, 6) is 0. The van der Waals surface area contributed by atoms with E-state index in [-0.39, 0.29) is 41.6 Å². The summed E-state index contributed by atoms with van der Waals surface area (Å²) < 4.78 is 0. The first-order chi connectivity index (χ1) is 14.4. The number of aryl methyl sites for hydroxylation is 1. The summed E-state index contributed by atoms with van der Waals surface area (Å²) in [6, 6.07) is 19.1. The fourth-order valence-corrected chi connectivity index (χ4v) is 14.2. The van der Waals surface area contributed by atoms with Gasteiger partial charge in [-0.15, -0.1) is 6.92 Å². The number of hydrogen-bond acceptors (Lipinski definition) is 0. The normalized spacial score (nSPS) is 20.4. The second-order valence-electron chi connectivity index (χ2n) is 10.9. The van der Waals surface area contributed by atoms with E-state index in [0.717, 1.165) is 0 Å². The van der Waals surface area contributed by atoms with Crippen molar-refractivity contribution in [3.05, 3.63) is 91.7 Å². The molecule has 2 aromatic carbocycles. The van der Waals surface area contributed by atoms with E-state index in [2.05, 4.69) is 123 Å². The molecule has 0 heterocycles. The smallest absolute Gasteiger partial charge is 0.358 e. The van der Waals surface area contributed by atoms with E-state index in [0.29, 0.717) is 5.54 Å². The van der Waals surface area contributed by atoms with E-state index in [9.17, 15) is 0 Å². The molecule has 1 radical (unpaired) electrons. The zero-order valence-electron chi connectivity index (χ0n) is 23.9. The molecule has 0 saturated heterocycles.